The standard InChI is InChI=1S/C20H19FN2O5/c1-2-27-20(26)15-6-10-17(11-7-15)28-13-19(25)23-22-18(24)12-5-14-3-8-16(21)9-4-14/h3-12H,2,13H2,1H3,(H,22,24)(H,23,25)/b12-5+. The molecule has 0 aliphatic rings. The van der Waals surface area contributed by atoms with E-state index in [-0.39, 0.29) is 19.0 Å². The molecule has 0 fully saturated rings. The van der Waals surface area contributed by atoms with Crippen molar-refractivity contribution in [1.82, 2.24) is 10.9 Å². The summed E-state index contributed by atoms with van der Waals surface area (Å²) in [6, 6.07) is 11.7. The molecule has 28 heavy (non-hydrogen) atoms. The van der Waals surface area contributed by atoms with E-state index < -0.39 is 17.8 Å². The molecule has 0 radical (unpaired) electrons. The number of hydrogen-bond donors (Lipinski definition) is 2. The first kappa shape index (κ1) is 20.6. The van der Waals surface area contributed by atoms with Crippen molar-refractivity contribution >= 4 is 23.9 Å². The summed E-state index contributed by atoms with van der Waals surface area (Å²) in [7, 11) is 0. The van der Waals surface area contributed by atoms with Crippen molar-refractivity contribution in [3.63, 3.8) is 0 Å². The molecule has 0 spiro atoms. The largest absolute Gasteiger partial charge is 0.484 e. The quantitative estimate of drug-likeness (QED) is 0.432. The lowest BCUT2D eigenvalue weighted by Crippen LogP contribution is -2.43. The fraction of sp³-hybridized carbons (Fsp3) is 0.150. The van der Waals surface area contributed by atoms with Crippen LogP contribution >= 0.6 is 0 Å². The minimum Gasteiger partial charge on any atom is -0.484 e. The number of nitrogens with one attached hydrogen (secondary N) is 2. The average molecular weight is 386 g/mol. The molecule has 0 atom stereocenters. The molecule has 0 heterocycles. The van der Waals surface area contributed by atoms with Crippen molar-refractivity contribution in [1.29, 1.82) is 0 Å². The molecule has 7 nitrogen and oxygen atoms in total. The first-order valence-corrected chi connectivity index (χ1v) is 8.40. The Hall–Kier alpha value is -3.68. The molecule has 2 amide bonds. The highest BCUT2D eigenvalue weighted by Crippen LogP contribution is 2.12. The molecular weight excluding hydrogens is 367 g/mol. The van der Waals surface area contributed by atoms with Crippen LogP contribution in [0.15, 0.2) is 54.6 Å². The number of halogens is 1. The van der Waals surface area contributed by atoms with Crippen molar-refractivity contribution in [3.8, 4) is 5.75 Å². The molecule has 0 aromatic heterocycles. The van der Waals surface area contributed by atoms with Gasteiger partial charge in [-0.05, 0) is 55.0 Å². The van der Waals surface area contributed by atoms with Gasteiger partial charge in [-0.25, -0.2) is 9.18 Å². The summed E-state index contributed by atoms with van der Waals surface area (Å²) < 4.78 is 22.9. The maximum absolute atomic E-state index is 12.8. The number of ether oxygens (including phenoxy) is 2. The van der Waals surface area contributed by atoms with Crippen molar-refractivity contribution < 1.29 is 28.2 Å². The highest BCUT2D eigenvalue weighted by molar-refractivity contribution is 5.93. The van der Waals surface area contributed by atoms with E-state index in [2.05, 4.69) is 10.9 Å². The van der Waals surface area contributed by atoms with E-state index in [9.17, 15) is 18.8 Å². The molecule has 2 rings (SSSR count). The van der Waals surface area contributed by atoms with Gasteiger partial charge in [0.1, 0.15) is 11.6 Å². The lowest BCUT2D eigenvalue weighted by Gasteiger charge is -2.08. The Bertz CT molecular complexity index is 848. The molecule has 2 aromatic carbocycles. The molecule has 0 bridgehead atoms. The predicted molar refractivity (Wildman–Crippen MR) is 99.6 cm³/mol. The van der Waals surface area contributed by atoms with E-state index in [0.29, 0.717) is 16.9 Å². The van der Waals surface area contributed by atoms with E-state index in [1.165, 1.54) is 60.7 Å². The van der Waals surface area contributed by atoms with E-state index in [4.69, 9.17) is 9.47 Å². The predicted octanol–water partition coefficient (Wildman–Crippen LogP) is 2.24. The van der Waals surface area contributed by atoms with Crippen molar-refractivity contribution in [2.24, 2.45) is 0 Å². The fourth-order valence-electron chi connectivity index (χ4n) is 2.01. The molecule has 0 aliphatic heterocycles. The van der Waals surface area contributed by atoms with Gasteiger partial charge in [0.2, 0.25) is 0 Å². The van der Waals surface area contributed by atoms with Crippen LogP contribution in [-0.4, -0.2) is 31.0 Å². The molecule has 0 unspecified atom stereocenters. The minimum absolute atomic E-state index is 0.280. The van der Waals surface area contributed by atoms with Crippen LogP contribution in [0.1, 0.15) is 22.8 Å². The van der Waals surface area contributed by atoms with E-state index >= 15 is 0 Å². The van der Waals surface area contributed by atoms with Gasteiger partial charge in [0.15, 0.2) is 6.61 Å². The molecule has 8 heteroatoms. The minimum atomic E-state index is -0.571. The number of carbonyl (C=O) groups excluding carboxylic acids is 3. The Labute approximate surface area is 161 Å². The van der Waals surface area contributed by atoms with E-state index in [1.807, 2.05) is 0 Å². The van der Waals surface area contributed by atoms with Gasteiger partial charge in [0.25, 0.3) is 11.8 Å². The van der Waals surface area contributed by atoms with Crippen molar-refractivity contribution in [2.75, 3.05) is 13.2 Å². The van der Waals surface area contributed by atoms with Gasteiger partial charge in [-0.15, -0.1) is 0 Å². The number of rotatable bonds is 7. The van der Waals surface area contributed by atoms with Gasteiger partial charge >= 0.3 is 5.97 Å². The third-order valence-electron chi connectivity index (χ3n) is 3.36. The van der Waals surface area contributed by atoms with Crippen LogP contribution in [0.25, 0.3) is 6.08 Å². The molecular formula is C20H19FN2O5. The zero-order valence-corrected chi connectivity index (χ0v) is 15.1. The zero-order chi connectivity index (χ0) is 20.4. The van der Waals surface area contributed by atoms with Gasteiger partial charge in [0.05, 0.1) is 12.2 Å². The molecule has 2 N–H and O–H groups in total. The normalized spacial score (nSPS) is 10.4. The summed E-state index contributed by atoms with van der Waals surface area (Å²) in [6.45, 7) is 1.66. The summed E-state index contributed by atoms with van der Waals surface area (Å²) in [5.74, 6) is -1.56. The SMILES string of the molecule is CCOC(=O)c1ccc(OCC(=O)NNC(=O)/C=C/c2ccc(F)cc2)cc1. The highest BCUT2D eigenvalue weighted by atomic mass is 19.1. The third-order valence-corrected chi connectivity index (χ3v) is 3.36. The molecule has 0 aliphatic carbocycles. The summed E-state index contributed by atoms with van der Waals surface area (Å²) in [5.41, 5.74) is 5.40. The average Bonchev–Trinajstić information content (AvgIpc) is 2.71. The van der Waals surface area contributed by atoms with Gasteiger partial charge < -0.3 is 9.47 Å². The number of hydrogen-bond acceptors (Lipinski definition) is 5. The van der Waals surface area contributed by atoms with Crippen LogP contribution < -0.4 is 15.6 Å². The van der Waals surface area contributed by atoms with Crippen LogP contribution in [0.5, 0.6) is 5.75 Å². The fourth-order valence-corrected chi connectivity index (χ4v) is 2.01. The lowest BCUT2D eigenvalue weighted by atomic mass is 10.2. The van der Waals surface area contributed by atoms with Gasteiger partial charge in [0, 0.05) is 6.08 Å². The Balaban J connectivity index is 1.72. The first-order chi connectivity index (χ1) is 13.5. The Morgan fingerprint density at radius 1 is 1.00 bits per heavy atom. The molecule has 2 aromatic rings. The zero-order valence-electron chi connectivity index (χ0n) is 15.1. The summed E-state index contributed by atoms with van der Waals surface area (Å²) in [5, 5.41) is 0. The maximum atomic E-state index is 12.8. The second-order valence-corrected chi connectivity index (χ2v) is 5.46. The van der Waals surface area contributed by atoms with Crippen LogP contribution in [0, 0.1) is 5.82 Å². The Morgan fingerprint density at radius 3 is 2.32 bits per heavy atom. The van der Waals surface area contributed by atoms with Gasteiger partial charge in [-0.1, -0.05) is 12.1 Å². The van der Waals surface area contributed by atoms with Crippen molar-refractivity contribution in [3.05, 3.63) is 71.6 Å². The summed E-state index contributed by atoms with van der Waals surface area (Å²) in [4.78, 5) is 34.9. The number of hydrazine groups is 1. The van der Waals surface area contributed by atoms with Crippen molar-refractivity contribution in [2.45, 2.75) is 6.92 Å². The number of carbonyl (C=O) groups is 3. The topological polar surface area (TPSA) is 93.7 Å². The lowest BCUT2D eigenvalue weighted by molar-refractivity contribution is -0.128. The Kier molecular flexibility index (Phi) is 7.71. The van der Waals surface area contributed by atoms with Crippen LogP contribution in [0.3, 0.4) is 0 Å². The smallest absolute Gasteiger partial charge is 0.338 e. The Morgan fingerprint density at radius 2 is 1.68 bits per heavy atom. The van der Waals surface area contributed by atoms with Crippen LogP contribution in [-0.2, 0) is 14.3 Å². The maximum Gasteiger partial charge on any atom is 0.338 e. The molecule has 0 saturated heterocycles. The second-order valence-electron chi connectivity index (χ2n) is 5.46. The molecule has 0 saturated carbocycles. The van der Waals surface area contributed by atoms with Crippen LogP contribution in [0.4, 0.5) is 4.39 Å². The van der Waals surface area contributed by atoms with E-state index in [0.717, 1.165) is 0 Å². The highest BCUT2D eigenvalue weighted by Gasteiger charge is 2.07. The van der Waals surface area contributed by atoms with Gasteiger partial charge in [-0.3, -0.25) is 20.4 Å². The summed E-state index contributed by atoms with van der Waals surface area (Å²) >= 11 is 0. The number of benzene rings is 2. The van der Waals surface area contributed by atoms with E-state index in [1.54, 1.807) is 6.92 Å². The number of esters is 1. The monoisotopic (exact) mass is 386 g/mol. The second kappa shape index (κ2) is 10.5. The van der Waals surface area contributed by atoms with Crippen LogP contribution in [0.2, 0.25) is 0 Å². The molecule has 146 valence electrons. The number of amides is 2. The third kappa shape index (κ3) is 6.91. The first-order valence-electron chi connectivity index (χ1n) is 8.40. The van der Waals surface area contributed by atoms with Gasteiger partial charge in [-0.2, -0.15) is 0 Å². The summed E-state index contributed by atoms with van der Waals surface area (Å²) in [6.07, 6.45) is 2.67.